The Kier molecular flexibility index (Phi) is 3.57. The highest BCUT2D eigenvalue weighted by molar-refractivity contribution is 6.70. The lowest BCUT2D eigenvalue weighted by molar-refractivity contribution is -0.385. The molecule has 0 spiro atoms. The quantitative estimate of drug-likeness (QED) is 0.289. The Balaban J connectivity index is 3.57. The molecule has 0 unspecified atom stereocenters. The summed E-state index contributed by atoms with van der Waals surface area (Å²) in [4.78, 5) is 21.3. The van der Waals surface area contributed by atoms with Gasteiger partial charge in [0.15, 0.2) is 11.0 Å². The van der Waals surface area contributed by atoms with Gasteiger partial charge >= 0.3 is 0 Å². The van der Waals surface area contributed by atoms with Crippen molar-refractivity contribution in [3.63, 3.8) is 0 Å². The van der Waals surface area contributed by atoms with Gasteiger partial charge in [0.05, 0.1) is 4.92 Å². The van der Waals surface area contributed by atoms with Crippen molar-refractivity contribution in [2.24, 2.45) is 5.16 Å². The summed E-state index contributed by atoms with van der Waals surface area (Å²) in [6.45, 7) is 1.17. The van der Waals surface area contributed by atoms with E-state index < -0.39 is 10.7 Å². The number of hydrogen-bond donors (Lipinski definition) is 1. The van der Waals surface area contributed by atoms with E-state index in [0.717, 1.165) is 0 Å². The second kappa shape index (κ2) is 4.71. The average Bonchev–Trinajstić information content (AvgIpc) is 2.26. The molecule has 1 N–H and O–H groups in total. The van der Waals surface area contributed by atoms with E-state index in [1.165, 1.54) is 25.1 Å². The van der Waals surface area contributed by atoms with Gasteiger partial charge in [-0.15, -0.1) is 0 Å². The van der Waals surface area contributed by atoms with Gasteiger partial charge < -0.3 is 5.21 Å². The molecule has 0 aliphatic rings. The highest BCUT2D eigenvalue weighted by atomic mass is 35.5. The zero-order valence-electron chi connectivity index (χ0n) is 8.18. The number of rotatable bonds is 3. The lowest BCUT2D eigenvalue weighted by Gasteiger charge is -2.04. The molecule has 0 bridgehead atoms. The molecule has 0 saturated heterocycles. The van der Waals surface area contributed by atoms with Gasteiger partial charge in [-0.3, -0.25) is 14.9 Å². The molecule has 0 radical (unpaired) electrons. The Hall–Kier alpha value is -1.95. The number of carbonyl (C=O) groups excluding carboxylic acids is 1. The smallest absolute Gasteiger partial charge is 0.280 e. The van der Waals surface area contributed by atoms with E-state index in [0.29, 0.717) is 0 Å². The van der Waals surface area contributed by atoms with E-state index in [4.69, 9.17) is 16.8 Å². The lowest BCUT2D eigenvalue weighted by atomic mass is 10.0. The Morgan fingerprint density at radius 2 is 2.19 bits per heavy atom. The van der Waals surface area contributed by atoms with Crippen LogP contribution in [0.1, 0.15) is 22.8 Å². The second-order valence-electron chi connectivity index (χ2n) is 2.90. The first-order chi connectivity index (χ1) is 7.49. The van der Waals surface area contributed by atoms with Crippen LogP contribution in [0.5, 0.6) is 0 Å². The lowest BCUT2D eigenvalue weighted by Crippen LogP contribution is -2.07. The van der Waals surface area contributed by atoms with Crippen molar-refractivity contribution >= 4 is 28.2 Å². The van der Waals surface area contributed by atoms with Crippen LogP contribution in [0.4, 0.5) is 5.69 Å². The fourth-order valence-corrected chi connectivity index (χ4v) is 1.45. The topological polar surface area (TPSA) is 92.8 Å². The van der Waals surface area contributed by atoms with Crippen LogP contribution in [-0.4, -0.2) is 21.1 Å². The molecular weight excluding hydrogens is 236 g/mol. The minimum absolute atomic E-state index is 0.0332. The maximum atomic E-state index is 11.3. The van der Waals surface area contributed by atoms with E-state index in [-0.39, 0.29) is 22.0 Å². The van der Waals surface area contributed by atoms with Gasteiger partial charge in [-0.25, -0.2) is 0 Å². The van der Waals surface area contributed by atoms with Crippen LogP contribution in [0, 0.1) is 10.1 Å². The first-order valence-corrected chi connectivity index (χ1v) is 4.53. The van der Waals surface area contributed by atoms with Crippen molar-refractivity contribution < 1.29 is 14.9 Å². The Morgan fingerprint density at radius 3 is 2.62 bits per heavy atom. The average molecular weight is 243 g/mol. The number of nitrogens with zero attached hydrogens (tertiary/aromatic N) is 2. The minimum Gasteiger partial charge on any atom is -0.410 e. The summed E-state index contributed by atoms with van der Waals surface area (Å²) in [5.74, 6) is -0.524. The standard InChI is InChI=1S/C9H7ClN2O4/c1-5(13)8-6(9(10)11-14)3-2-4-7(8)12(15)16/h2-4,14H,1H3. The number of ketones is 1. The zero-order valence-corrected chi connectivity index (χ0v) is 8.93. The number of Topliss-reactive ketones (excluding diaryl/α,β-unsaturated/α-hetero) is 1. The summed E-state index contributed by atoms with van der Waals surface area (Å²) in [5, 5.41) is 21.5. The van der Waals surface area contributed by atoms with Crippen molar-refractivity contribution in [2.75, 3.05) is 0 Å². The fraction of sp³-hybridized carbons (Fsp3) is 0.111. The molecular formula is C9H7ClN2O4. The SMILES string of the molecule is CC(=O)c1c(C(Cl)=NO)cccc1[N+](=O)[O-]. The number of nitro benzene ring substituents is 1. The van der Waals surface area contributed by atoms with Gasteiger partial charge in [0, 0.05) is 11.6 Å². The number of benzene rings is 1. The molecule has 0 fully saturated rings. The second-order valence-corrected chi connectivity index (χ2v) is 3.26. The monoisotopic (exact) mass is 242 g/mol. The molecule has 1 aromatic rings. The first-order valence-electron chi connectivity index (χ1n) is 4.15. The number of halogens is 1. The molecule has 1 rings (SSSR count). The first kappa shape index (κ1) is 12.1. The Bertz CT molecular complexity index is 484. The van der Waals surface area contributed by atoms with Crippen molar-refractivity contribution in [3.8, 4) is 0 Å². The predicted octanol–water partition coefficient (Wildman–Crippen LogP) is 2.17. The molecule has 0 saturated carbocycles. The van der Waals surface area contributed by atoms with Gasteiger partial charge in [-0.05, 0) is 6.92 Å². The molecule has 0 aliphatic heterocycles. The highest BCUT2D eigenvalue weighted by Crippen LogP contribution is 2.24. The van der Waals surface area contributed by atoms with E-state index in [1.807, 2.05) is 0 Å². The summed E-state index contributed by atoms with van der Waals surface area (Å²) >= 11 is 5.54. The molecule has 1 aromatic carbocycles. The summed E-state index contributed by atoms with van der Waals surface area (Å²) in [7, 11) is 0. The molecule has 6 nitrogen and oxygen atoms in total. The van der Waals surface area contributed by atoms with Crippen molar-refractivity contribution in [3.05, 3.63) is 39.4 Å². The van der Waals surface area contributed by atoms with E-state index in [2.05, 4.69) is 5.16 Å². The number of hydrogen-bond acceptors (Lipinski definition) is 5. The molecule has 0 heterocycles. The Labute approximate surface area is 95.3 Å². The molecule has 7 heteroatoms. The summed E-state index contributed by atoms with van der Waals surface area (Å²) in [6, 6.07) is 3.90. The molecule has 0 amide bonds. The molecule has 0 aliphatic carbocycles. The number of nitro groups is 1. The zero-order chi connectivity index (χ0) is 12.3. The summed E-state index contributed by atoms with van der Waals surface area (Å²) in [5.41, 5.74) is -0.507. The van der Waals surface area contributed by atoms with E-state index in [9.17, 15) is 14.9 Å². The van der Waals surface area contributed by atoms with Gasteiger partial charge in [-0.2, -0.15) is 0 Å². The normalized spacial score (nSPS) is 11.2. The van der Waals surface area contributed by atoms with Crippen LogP contribution in [-0.2, 0) is 0 Å². The largest absolute Gasteiger partial charge is 0.410 e. The van der Waals surface area contributed by atoms with Crippen LogP contribution in [0.3, 0.4) is 0 Å². The van der Waals surface area contributed by atoms with Gasteiger partial charge in [0.2, 0.25) is 0 Å². The molecule has 84 valence electrons. The molecule has 0 aromatic heterocycles. The van der Waals surface area contributed by atoms with Crippen LogP contribution in [0.25, 0.3) is 0 Å². The van der Waals surface area contributed by atoms with Crippen LogP contribution in [0.2, 0.25) is 0 Å². The third-order valence-electron chi connectivity index (χ3n) is 1.90. The van der Waals surface area contributed by atoms with Crippen LogP contribution in [0.15, 0.2) is 23.4 Å². The van der Waals surface area contributed by atoms with E-state index in [1.54, 1.807) is 0 Å². The molecule has 0 atom stereocenters. The maximum absolute atomic E-state index is 11.3. The Morgan fingerprint density at radius 1 is 1.56 bits per heavy atom. The highest BCUT2D eigenvalue weighted by Gasteiger charge is 2.23. The van der Waals surface area contributed by atoms with Crippen LogP contribution < -0.4 is 0 Å². The van der Waals surface area contributed by atoms with Gasteiger partial charge in [-0.1, -0.05) is 28.9 Å². The van der Waals surface area contributed by atoms with E-state index >= 15 is 0 Å². The number of oxime groups is 1. The van der Waals surface area contributed by atoms with Gasteiger partial charge in [0.1, 0.15) is 5.56 Å². The van der Waals surface area contributed by atoms with Gasteiger partial charge in [0.25, 0.3) is 5.69 Å². The van der Waals surface area contributed by atoms with Crippen LogP contribution >= 0.6 is 11.6 Å². The summed E-state index contributed by atoms with van der Waals surface area (Å²) < 4.78 is 0. The maximum Gasteiger partial charge on any atom is 0.280 e. The minimum atomic E-state index is -0.693. The van der Waals surface area contributed by atoms with Crippen molar-refractivity contribution in [1.29, 1.82) is 0 Å². The van der Waals surface area contributed by atoms with Crippen molar-refractivity contribution in [1.82, 2.24) is 0 Å². The molecule has 16 heavy (non-hydrogen) atoms. The number of carbonyl (C=O) groups is 1. The third kappa shape index (κ3) is 2.17. The third-order valence-corrected chi connectivity index (χ3v) is 2.18. The summed E-state index contributed by atoms with van der Waals surface area (Å²) in [6.07, 6.45) is 0. The fourth-order valence-electron chi connectivity index (χ4n) is 1.29. The van der Waals surface area contributed by atoms with Crippen molar-refractivity contribution in [2.45, 2.75) is 6.92 Å². The predicted molar refractivity (Wildman–Crippen MR) is 57.3 cm³/mol.